The molecule has 0 heterocycles. The Hall–Kier alpha value is -0.810. The van der Waals surface area contributed by atoms with Gasteiger partial charge < -0.3 is 5.32 Å². The van der Waals surface area contributed by atoms with Gasteiger partial charge in [0, 0.05) is 12.1 Å². The summed E-state index contributed by atoms with van der Waals surface area (Å²) in [7, 11) is 0. The number of nitrogens with one attached hydrogen (secondary N) is 1. The summed E-state index contributed by atoms with van der Waals surface area (Å²) < 4.78 is 0. The highest BCUT2D eigenvalue weighted by Crippen LogP contribution is 2.01. The van der Waals surface area contributed by atoms with Crippen LogP contribution in [0.4, 0.5) is 0 Å². The zero-order chi connectivity index (χ0) is 9.94. The van der Waals surface area contributed by atoms with Crippen molar-refractivity contribution >= 4 is 0 Å². The second-order valence-electron chi connectivity index (χ2n) is 3.31. The van der Waals surface area contributed by atoms with Gasteiger partial charge in [0.15, 0.2) is 0 Å². The van der Waals surface area contributed by atoms with Gasteiger partial charge in [0.1, 0.15) is 0 Å². The van der Waals surface area contributed by atoms with Crippen LogP contribution in [0.15, 0.2) is 12.2 Å². The zero-order valence-corrected chi connectivity index (χ0v) is 8.60. The number of nitriles is 1. The molecule has 0 fully saturated rings. The van der Waals surface area contributed by atoms with Crippen LogP contribution in [0.25, 0.3) is 0 Å². The van der Waals surface area contributed by atoms with Crippen LogP contribution in [0.5, 0.6) is 0 Å². The smallest absolute Gasteiger partial charge is 0.0954 e. The number of hydrogen-bond acceptors (Lipinski definition) is 2. The van der Waals surface area contributed by atoms with Crippen LogP contribution >= 0.6 is 0 Å². The first kappa shape index (κ1) is 12.2. The van der Waals surface area contributed by atoms with Gasteiger partial charge in [0.05, 0.1) is 6.07 Å². The normalized spacial score (nSPS) is 9.54. The van der Waals surface area contributed by atoms with Crippen molar-refractivity contribution < 1.29 is 0 Å². The second kappa shape index (κ2) is 9.28. The van der Waals surface area contributed by atoms with Gasteiger partial charge in [-0.25, -0.2) is 0 Å². The van der Waals surface area contributed by atoms with Gasteiger partial charge in [-0.05, 0) is 13.0 Å². The SMILES string of the molecule is C=C(C#N)CNCCCCCCC. The van der Waals surface area contributed by atoms with Gasteiger partial charge in [-0.3, -0.25) is 0 Å². The Morgan fingerprint density at radius 1 is 1.31 bits per heavy atom. The summed E-state index contributed by atoms with van der Waals surface area (Å²) in [5.41, 5.74) is 0.619. The van der Waals surface area contributed by atoms with Gasteiger partial charge in [-0.15, -0.1) is 0 Å². The number of hydrogen-bond donors (Lipinski definition) is 1. The molecule has 0 aliphatic rings. The first-order valence-electron chi connectivity index (χ1n) is 5.09. The Balaban J connectivity index is 3.00. The minimum atomic E-state index is 0.619. The predicted molar refractivity (Wildman–Crippen MR) is 56.4 cm³/mol. The van der Waals surface area contributed by atoms with Crippen molar-refractivity contribution in [2.75, 3.05) is 13.1 Å². The van der Waals surface area contributed by atoms with E-state index in [0.717, 1.165) is 6.54 Å². The Morgan fingerprint density at radius 3 is 2.62 bits per heavy atom. The van der Waals surface area contributed by atoms with E-state index in [4.69, 9.17) is 5.26 Å². The molecular formula is C11H20N2. The monoisotopic (exact) mass is 180 g/mol. The molecule has 1 N–H and O–H groups in total. The Bertz CT molecular complexity index is 167. The molecule has 0 radical (unpaired) electrons. The third-order valence-electron chi connectivity index (χ3n) is 1.95. The number of unbranched alkanes of at least 4 members (excludes halogenated alkanes) is 4. The Labute approximate surface area is 81.6 Å². The molecule has 0 aliphatic heterocycles. The molecule has 2 nitrogen and oxygen atoms in total. The van der Waals surface area contributed by atoms with E-state index in [-0.39, 0.29) is 0 Å². The molecule has 0 spiro atoms. The van der Waals surface area contributed by atoms with Crippen LogP contribution < -0.4 is 5.32 Å². The summed E-state index contributed by atoms with van der Waals surface area (Å²) in [5, 5.41) is 11.6. The molecule has 0 aromatic carbocycles. The van der Waals surface area contributed by atoms with E-state index in [0.29, 0.717) is 12.1 Å². The topological polar surface area (TPSA) is 35.8 Å². The molecule has 0 rings (SSSR count). The maximum atomic E-state index is 8.42. The first-order valence-corrected chi connectivity index (χ1v) is 5.09. The lowest BCUT2D eigenvalue weighted by Gasteiger charge is -2.02. The molecule has 2 heteroatoms. The van der Waals surface area contributed by atoms with Gasteiger partial charge in [-0.1, -0.05) is 39.2 Å². The van der Waals surface area contributed by atoms with Crippen molar-refractivity contribution in [3.05, 3.63) is 12.2 Å². The summed E-state index contributed by atoms with van der Waals surface area (Å²) in [6.45, 7) is 7.46. The van der Waals surface area contributed by atoms with E-state index in [1.54, 1.807) is 0 Å². The van der Waals surface area contributed by atoms with Crippen molar-refractivity contribution in [3.8, 4) is 6.07 Å². The maximum Gasteiger partial charge on any atom is 0.0954 e. The Morgan fingerprint density at radius 2 is 2.00 bits per heavy atom. The van der Waals surface area contributed by atoms with Crippen molar-refractivity contribution in [1.29, 1.82) is 5.26 Å². The lowest BCUT2D eigenvalue weighted by atomic mass is 10.1. The molecule has 13 heavy (non-hydrogen) atoms. The van der Waals surface area contributed by atoms with E-state index in [1.165, 1.54) is 32.1 Å². The molecule has 74 valence electrons. The van der Waals surface area contributed by atoms with Crippen LogP contribution in [0.3, 0.4) is 0 Å². The lowest BCUT2D eigenvalue weighted by Crippen LogP contribution is -2.17. The zero-order valence-electron chi connectivity index (χ0n) is 8.60. The van der Waals surface area contributed by atoms with E-state index >= 15 is 0 Å². The van der Waals surface area contributed by atoms with Crippen LogP contribution in [0.1, 0.15) is 39.0 Å². The summed E-state index contributed by atoms with van der Waals surface area (Å²) in [6.07, 6.45) is 6.46. The summed E-state index contributed by atoms with van der Waals surface area (Å²) in [4.78, 5) is 0. The molecule has 0 aromatic heterocycles. The highest BCUT2D eigenvalue weighted by atomic mass is 14.8. The average Bonchev–Trinajstić information content (AvgIpc) is 2.16. The predicted octanol–water partition coefficient (Wildman–Crippen LogP) is 2.63. The molecule has 0 atom stereocenters. The standard InChI is InChI=1S/C11H20N2/c1-3-4-5-6-7-8-13-10-11(2)9-12/h13H,2-8,10H2,1H3. The first-order chi connectivity index (χ1) is 6.31. The minimum Gasteiger partial charge on any atom is -0.312 e. The fourth-order valence-corrected chi connectivity index (χ4v) is 1.13. The summed E-state index contributed by atoms with van der Waals surface area (Å²) in [6, 6.07) is 2.02. The van der Waals surface area contributed by atoms with Crippen LogP contribution in [0, 0.1) is 11.3 Å². The highest BCUT2D eigenvalue weighted by molar-refractivity contribution is 5.17. The van der Waals surface area contributed by atoms with Gasteiger partial charge in [-0.2, -0.15) is 5.26 Å². The van der Waals surface area contributed by atoms with Crippen LogP contribution in [0.2, 0.25) is 0 Å². The maximum absolute atomic E-state index is 8.42. The van der Waals surface area contributed by atoms with Crippen molar-refractivity contribution in [2.45, 2.75) is 39.0 Å². The largest absolute Gasteiger partial charge is 0.312 e. The molecule has 0 saturated carbocycles. The van der Waals surface area contributed by atoms with E-state index < -0.39 is 0 Å². The number of nitrogens with zero attached hydrogens (tertiary/aromatic N) is 1. The third kappa shape index (κ3) is 9.10. The van der Waals surface area contributed by atoms with E-state index in [2.05, 4.69) is 18.8 Å². The van der Waals surface area contributed by atoms with Crippen LogP contribution in [-0.4, -0.2) is 13.1 Å². The van der Waals surface area contributed by atoms with Crippen LogP contribution in [-0.2, 0) is 0 Å². The van der Waals surface area contributed by atoms with E-state index in [9.17, 15) is 0 Å². The number of rotatable bonds is 8. The molecule has 0 unspecified atom stereocenters. The van der Waals surface area contributed by atoms with Crippen molar-refractivity contribution in [1.82, 2.24) is 5.32 Å². The molecular weight excluding hydrogens is 160 g/mol. The molecule has 0 amide bonds. The lowest BCUT2D eigenvalue weighted by molar-refractivity contribution is 0.598. The summed E-state index contributed by atoms with van der Waals surface area (Å²) in [5.74, 6) is 0. The highest BCUT2D eigenvalue weighted by Gasteiger charge is 1.91. The van der Waals surface area contributed by atoms with E-state index in [1.807, 2.05) is 6.07 Å². The molecule has 0 aromatic rings. The summed E-state index contributed by atoms with van der Waals surface area (Å²) >= 11 is 0. The second-order valence-corrected chi connectivity index (χ2v) is 3.31. The van der Waals surface area contributed by atoms with Crippen molar-refractivity contribution in [2.24, 2.45) is 0 Å². The third-order valence-corrected chi connectivity index (χ3v) is 1.95. The fourth-order valence-electron chi connectivity index (χ4n) is 1.13. The van der Waals surface area contributed by atoms with Crippen molar-refractivity contribution in [3.63, 3.8) is 0 Å². The Kier molecular flexibility index (Phi) is 8.70. The molecule has 0 aliphatic carbocycles. The van der Waals surface area contributed by atoms with Gasteiger partial charge >= 0.3 is 0 Å². The van der Waals surface area contributed by atoms with Gasteiger partial charge in [0.25, 0.3) is 0 Å². The quantitative estimate of drug-likeness (QED) is 0.460. The fraction of sp³-hybridized carbons (Fsp3) is 0.727. The van der Waals surface area contributed by atoms with Gasteiger partial charge in [0.2, 0.25) is 0 Å². The molecule has 0 bridgehead atoms. The minimum absolute atomic E-state index is 0.619. The molecule has 0 saturated heterocycles. The average molecular weight is 180 g/mol.